The maximum absolute atomic E-state index is 8.19. The molecule has 1 saturated heterocycles. The van der Waals surface area contributed by atoms with E-state index in [1.807, 2.05) is 24.3 Å². The molecule has 0 unspecified atom stereocenters. The van der Waals surface area contributed by atoms with Crippen molar-refractivity contribution in [1.82, 2.24) is 4.90 Å². The third-order valence-corrected chi connectivity index (χ3v) is 4.97. The number of hydrogen-bond acceptors (Lipinski definition) is 2. The Balaban J connectivity index is 2.06. The molecule has 3 rings (SSSR count). The van der Waals surface area contributed by atoms with Crippen LogP contribution in [0.5, 0.6) is 0 Å². The summed E-state index contributed by atoms with van der Waals surface area (Å²) in [5.74, 6) is 0.559. The molecule has 0 aromatic heterocycles. The molecule has 0 aliphatic carbocycles. The third-order valence-electron chi connectivity index (χ3n) is 4.47. The van der Waals surface area contributed by atoms with Crippen molar-refractivity contribution in [2.24, 2.45) is 10.7 Å². The summed E-state index contributed by atoms with van der Waals surface area (Å²) in [6, 6.07) is 14.6. The molecular weight excluding hydrogens is 381 g/mol. The Morgan fingerprint density at radius 3 is 1.93 bits per heavy atom. The minimum Gasteiger partial charge on any atom is -0.369 e. The van der Waals surface area contributed by atoms with Crippen LogP contribution in [0.4, 0.5) is 11.4 Å². The van der Waals surface area contributed by atoms with Crippen LogP contribution in [0.15, 0.2) is 53.5 Å². The van der Waals surface area contributed by atoms with Crippen molar-refractivity contribution in [3.63, 3.8) is 0 Å². The van der Waals surface area contributed by atoms with Crippen LogP contribution in [0.2, 0.25) is 10.0 Å². The van der Waals surface area contributed by atoms with E-state index in [0.29, 0.717) is 16.0 Å². The largest absolute Gasteiger partial charge is 0.369 e. The highest BCUT2D eigenvalue weighted by Crippen LogP contribution is 2.24. The number of halogens is 2. The van der Waals surface area contributed by atoms with Gasteiger partial charge in [-0.2, -0.15) is 0 Å². The summed E-state index contributed by atoms with van der Waals surface area (Å²) < 4.78 is 0. The van der Waals surface area contributed by atoms with Gasteiger partial charge >= 0.3 is 0 Å². The van der Waals surface area contributed by atoms with Gasteiger partial charge in [0.15, 0.2) is 5.96 Å². The predicted molar refractivity (Wildman–Crippen MR) is 114 cm³/mol. The van der Waals surface area contributed by atoms with E-state index in [1.54, 1.807) is 29.2 Å². The quantitative estimate of drug-likeness (QED) is 0.530. The molecule has 27 heavy (non-hydrogen) atoms. The number of likely N-dealkylation sites (tertiary alicyclic amines) is 1. The third kappa shape index (κ3) is 5.15. The lowest BCUT2D eigenvalue weighted by Gasteiger charge is -2.33. The maximum Gasteiger partial charge on any atom is 0.213 e. The Hall–Kier alpha value is -2.24. The molecular formula is C20H23Cl2N5. The van der Waals surface area contributed by atoms with Crippen molar-refractivity contribution >= 4 is 46.5 Å². The highest BCUT2D eigenvalue weighted by Gasteiger charge is 2.24. The Morgan fingerprint density at radius 2 is 1.41 bits per heavy atom. The molecule has 142 valence electrons. The first-order valence-corrected chi connectivity index (χ1v) is 9.79. The Morgan fingerprint density at radius 1 is 0.889 bits per heavy atom. The number of aliphatic imine (C=N–C) groups is 1. The predicted octanol–water partition coefficient (Wildman–Crippen LogP) is 5.26. The summed E-state index contributed by atoms with van der Waals surface area (Å²) >= 11 is 12.0. The van der Waals surface area contributed by atoms with Gasteiger partial charge in [-0.3, -0.25) is 10.3 Å². The SMILES string of the molecule is N=C(N)N(C(=Nc1ccc(Cl)cc1)N1CCCCCC1)c1ccc(Cl)cc1. The van der Waals surface area contributed by atoms with E-state index >= 15 is 0 Å². The lowest BCUT2D eigenvalue weighted by molar-refractivity contribution is 0.430. The number of hydrogen-bond donors (Lipinski definition) is 2. The van der Waals surface area contributed by atoms with Crippen LogP contribution in [0.3, 0.4) is 0 Å². The minimum atomic E-state index is -0.0886. The normalized spacial score (nSPS) is 15.3. The van der Waals surface area contributed by atoms with Crippen molar-refractivity contribution in [3.8, 4) is 0 Å². The molecule has 0 amide bonds. The van der Waals surface area contributed by atoms with E-state index in [-0.39, 0.29) is 5.96 Å². The molecule has 2 aromatic rings. The second kappa shape index (κ2) is 9.11. The van der Waals surface area contributed by atoms with E-state index < -0.39 is 0 Å². The van der Waals surface area contributed by atoms with Gasteiger partial charge in [0.05, 0.1) is 11.4 Å². The second-order valence-electron chi connectivity index (χ2n) is 6.49. The number of benzene rings is 2. The highest BCUT2D eigenvalue weighted by molar-refractivity contribution is 6.31. The van der Waals surface area contributed by atoms with Crippen LogP contribution in [0, 0.1) is 5.41 Å². The molecule has 1 fully saturated rings. The molecule has 7 heteroatoms. The number of nitrogens with zero attached hydrogens (tertiary/aromatic N) is 3. The standard InChI is InChI=1S/C20H23Cl2N5/c21-15-5-9-17(10-6-15)25-20(26-13-3-1-2-4-14-26)27(19(23)24)18-11-7-16(22)8-12-18/h5-12H,1-4,13-14H2,(H3,23,24). The minimum absolute atomic E-state index is 0.0886. The van der Waals surface area contributed by atoms with E-state index in [4.69, 9.17) is 39.3 Å². The van der Waals surface area contributed by atoms with Crippen LogP contribution in [-0.4, -0.2) is 29.9 Å². The molecule has 0 bridgehead atoms. The van der Waals surface area contributed by atoms with Gasteiger partial charge in [0, 0.05) is 23.1 Å². The number of nitrogens with one attached hydrogen (secondary N) is 1. The fourth-order valence-corrected chi connectivity index (χ4v) is 3.37. The molecule has 1 aliphatic rings. The summed E-state index contributed by atoms with van der Waals surface area (Å²) in [7, 11) is 0. The van der Waals surface area contributed by atoms with Gasteiger partial charge < -0.3 is 10.6 Å². The van der Waals surface area contributed by atoms with E-state index in [2.05, 4.69) is 4.90 Å². The van der Waals surface area contributed by atoms with Gasteiger partial charge in [0.1, 0.15) is 0 Å². The first kappa shape index (κ1) is 19.5. The molecule has 5 nitrogen and oxygen atoms in total. The summed E-state index contributed by atoms with van der Waals surface area (Å²) in [5.41, 5.74) is 7.50. The van der Waals surface area contributed by atoms with Gasteiger partial charge in [-0.25, -0.2) is 4.99 Å². The summed E-state index contributed by atoms with van der Waals surface area (Å²) in [4.78, 5) is 8.71. The number of anilines is 1. The van der Waals surface area contributed by atoms with Crippen LogP contribution in [0.1, 0.15) is 25.7 Å². The van der Waals surface area contributed by atoms with E-state index in [1.165, 1.54) is 12.8 Å². The van der Waals surface area contributed by atoms with Gasteiger partial charge in [-0.05, 0) is 61.4 Å². The Kier molecular flexibility index (Phi) is 6.58. The maximum atomic E-state index is 8.19. The van der Waals surface area contributed by atoms with Crippen LogP contribution in [0.25, 0.3) is 0 Å². The van der Waals surface area contributed by atoms with E-state index in [0.717, 1.165) is 37.3 Å². The first-order chi connectivity index (χ1) is 13.0. The fourth-order valence-electron chi connectivity index (χ4n) is 3.12. The van der Waals surface area contributed by atoms with Crippen LogP contribution in [-0.2, 0) is 0 Å². The molecule has 3 N–H and O–H groups in total. The lowest BCUT2D eigenvalue weighted by atomic mass is 10.2. The van der Waals surface area contributed by atoms with Crippen molar-refractivity contribution in [1.29, 1.82) is 5.41 Å². The van der Waals surface area contributed by atoms with Crippen molar-refractivity contribution in [2.45, 2.75) is 25.7 Å². The Labute approximate surface area is 169 Å². The zero-order valence-electron chi connectivity index (χ0n) is 15.0. The summed E-state index contributed by atoms with van der Waals surface area (Å²) in [5, 5.41) is 9.48. The molecule has 1 heterocycles. The molecule has 0 radical (unpaired) electrons. The van der Waals surface area contributed by atoms with Gasteiger partial charge in [-0.15, -0.1) is 0 Å². The van der Waals surface area contributed by atoms with Crippen LogP contribution >= 0.6 is 23.2 Å². The molecule has 0 saturated carbocycles. The van der Waals surface area contributed by atoms with Gasteiger partial charge in [0.2, 0.25) is 5.96 Å². The average molecular weight is 404 g/mol. The van der Waals surface area contributed by atoms with Crippen molar-refractivity contribution in [2.75, 3.05) is 18.0 Å². The van der Waals surface area contributed by atoms with Gasteiger partial charge in [0.25, 0.3) is 0 Å². The number of nitrogens with two attached hydrogens (primary N) is 1. The Bertz CT molecular complexity index is 794. The smallest absolute Gasteiger partial charge is 0.213 e. The topological polar surface area (TPSA) is 68.7 Å². The number of rotatable bonds is 2. The zero-order valence-corrected chi connectivity index (χ0v) is 16.5. The summed E-state index contributed by atoms with van der Waals surface area (Å²) in [6.45, 7) is 1.76. The number of guanidine groups is 2. The average Bonchev–Trinajstić information content (AvgIpc) is 2.93. The molecule has 0 atom stereocenters. The lowest BCUT2D eigenvalue weighted by Crippen LogP contribution is -2.50. The highest BCUT2D eigenvalue weighted by atomic mass is 35.5. The first-order valence-electron chi connectivity index (χ1n) is 9.03. The molecule has 1 aliphatic heterocycles. The van der Waals surface area contributed by atoms with Crippen molar-refractivity contribution < 1.29 is 0 Å². The summed E-state index contributed by atoms with van der Waals surface area (Å²) in [6.07, 6.45) is 4.58. The van der Waals surface area contributed by atoms with E-state index in [9.17, 15) is 0 Å². The fraction of sp³-hybridized carbons (Fsp3) is 0.300. The van der Waals surface area contributed by atoms with Crippen molar-refractivity contribution in [3.05, 3.63) is 58.6 Å². The monoisotopic (exact) mass is 403 g/mol. The van der Waals surface area contributed by atoms with Gasteiger partial charge in [-0.1, -0.05) is 36.0 Å². The second-order valence-corrected chi connectivity index (χ2v) is 7.36. The van der Waals surface area contributed by atoms with Crippen LogP contribution < -0.4 is 10.6 Å². The molecule has 2 aromatic carbocycles. The zero-order chi connectivity index (χ0) is 19.2. The molecule has 0 spiro atoms.